The van der Waals surface area contributed by atoms with Crippen molar-refractivity contribution >= 4 is 41.0 Å². The first-order valence-corrected chi connectivity index (χ1v) is 4.11. The molecule has 5 heteroatoms. The van der Waals surface area contributed by atoms with Gasteiger partial charge < -0.3 is 5.21 Å². The van der Waals surface area contributed by atoms with Gasteiger partial charge in [-0.2, -0.15) is 0 Å². The van der Waals surface area contributed by atoms with E-state index in [-0.39, 0.29) is 5.02 Å². The van der Waals surface area contributed by atoms with E-state index in [1.165, 1.54) is 0 Å². The van der Waals surface area contributed by atoms with E-state index in [9.17, 15) is 0 Å². The number of hydrogen-bond acceptors (Lipinski definition) is 2. The summed E-state index contributed by atoms with van der Waals surface area (Å²) < 4.78 is 0. The van der Waals surface area contributed by atoms with Gasteiger partial charge in [-0.15, -0.1) is 0 Å². The zero-order chi connectivity index (χ0) is 9.14. The highest BCUT2D eigenvalue weighted by Crippen LogP contribution is 2.29. The highest BCUT2D eigenvalue weighted by molar-refractivity contribution is 6.45. The van der Waals surface area contributed by atoms with E-state index in [0.29, 0.717) is 15.6 Å². The highest BCUT2D eigenvalue weighted by Gasteiger charge is 2.06. The van der Waals surface area contributed by atoms with Crippen LogP contribution in [0.4, 0.5) is 0 Å². The lowest BCUT2D eigenvalue weighted by Gasteiger charge is -2.01. The van der Waals surface area contributed by atoms with Crippen molar-refractivity contribution in [3.8, 4) is 0 Å². The van der Waals surface area contributed by atoms with Crippen molar-refractivity contribution in [3.05, 3.63) is 32.8 Å². The van der Waals surface area contributed by atoms with Gasteiger partial charge in [-0.25, -0.2) is 0 Å². The Morgan fingerprint density at radius 3 is 2.33 bits per heavy atom. The lowest BCUT2D eigenvalue weighted by molar-refractivity contribution is 0.322. The molecule has 0 aliphatic carbocycles. The summed E-state index contributed by atoms with van der Waals surface area (Å²) in [4.78, 5) is 0. The smallest absolute Gasteiger partial charge is 0.0764 e. The normalized spacial score (nSPS) is 10.9. The topological polar surface area (TPSA) is 32.6 Å². The number of nitrogens with zero attached hydrogens (tertiary/aromatic N) is 1. The summed E-state index contributed by atoms with van der Waals surface area (Å²) in [5, 5.41) is 12.1. The molecule has 0 radical (unpaired) electrons. The molecule has 12 heavy (non-hydrogen) atoms. The zero-order valence-electron chi connectivity index (χ0n) is 5.76. The third-order valence-corrected chi connectivity index (χ3v) is 2.41. The zero-order valence-corrected chi connectivity index (χ0v) is 8.03. The number of benzene rings is 1. The maximum atomic E-state index is 8.27. The van der Waals surface area contributed by atoms with Gasteiger partial charge in [0.15, 0.2) is 0 Å². The second kappa shape index (κ2) is 3.99. The summed E-state index contributed by atoms with van der Waals surface area (Å²) in [7, 11) is 0. The van der Waals surface area contributed by atoms with Crippen molar-refractivity contribution < 1.29 is 5.21 Å². The van der Waals surface area contributed by atoms with Crippen molar-refractivity contribution in [2.24, 2.45) is 5.16 Å². The van der Waals surface area contributed by atoms with Crippen molar-refractivity contribution in [1.29, 1.82) is 0 Å². The molecule has 1 aromatic carbocycles. The van der Waals surface area contributed by atoms with E-state index in [4.69, 9.17) is 40.0 Å². The summed E-state index contributed by atoms with van der Waals surface area (Å²) in [5.41, 5.74) is 0.410. The minimum Gasteiger partial charge on any atom is -0.411 e. The molecular weight excluding hydrogens is 220 g/mol. The van der Waals surface area contributed by atoms with E-state index in [1.807, 2.05) is 0 Å². The molecule has 64 valence electrons. The van der Waals surface area contributed by atoms with E-state index in [0.717, 1.165) is 6.21 Å². The van der Waals surface area contributed by atoms with Crippen LogP contribution in [0.2, 0.25) is 15.1 Å². The average molecular weight is 224 g/mol. The molecule has 0 aliphatic heterocycles. The Kier molecular flexibility index (Phi) is 3.20. The summed E-state index contributed by atoms with van der Waals surface area (Å²) in [6, 6.07) is 3.15. The SMILES string of the molecule is O/N=C\c1c(Cl)ccc(Cl)c1Cl. The summed E-state index contributed by atoms with van der Waals surface area (Å²) >= 11 is 17.2. The Labute approximate surface area is 84.3 Å². The van der Waals surface area contributed by atoms with Crippen LogP contribution in [0.5, 0.6) is 0 Å². The van der Waals surface area contributed by atoms with Gasteiger partial charge in [0.2, 0.25) is 0 Å². The fraction of sp³-hybridized carbons (Fsp3) is 0. The second-order valence-electron chi connectivity index (χ2n) is 2.00. The average Bonchev–Trinajstić information content (AvgIpc) is 2.06. The van der Waals surface area contributed by atoms with Crippen LogP contribution in [0.3, 0.4) is 0 Å². The van der Waals surface area contributed by atoms with Gasteiger partial charge in [0.1, 0.15) is 0 Å². The van der Waals surface area contributed by atoms with Crippen LogP contribution < -0.4 is 0 Å². The van der Waals surface area contributed by atoms with Crippen LogP contribution in [0.15, 0.2) is 17.3 Å². The van der Waals surface area contributed by atoms with Gasteiger partial charge in [0.25, 0.3) is 0 Å². The molecule has 0 fully saturated rings. The minimum atomic E-state index is 0.280. The van der Waals surface area contributed by atoms with Crippen LogP contribution in [0.1, 0.15) is 5.56 Å². The monoisotopic (exact) mass is 223 g/mol. The number of hydrogen-bond donors (Lipinski definition) is 1. The van der Waals surface area contributed by atoms with Crippen LogP contribution >= 0.6 is 34.8 Å². The largest absolute Gasteiger partial charge is 0.411 e. The number of halogens is 3. The Bertz CT molecular complexity index is 325. The van der Waals surface area contributed by atoms with Gasteiger partial charge in [-0.3, -0.25) is 0 Å². The van der Waals surface area contributed by atoms with Gasteiger partial charge in [0.05, 0.1) is 21.3 Å². The lowest BCUT2D eigenvalue weighted by Crippen LogP contribution is -1.85. The molecule has 0 spiro atoms. The molecule has 1 rings (SSSR count). The molecule has 0 saturated heterocycles. The molecule has 0 heterocycles. The fourth-order valence-electron chi connectivity index (χ4n) is 0.719. The summed E-state index contributed by atoms with van der Waals surface area (Å²) in [5.74, 6) is 0. The third-order valence-electron chi connectivity index (χ3n) is 1.27. The molecular formula is C7H4Cl3NO. The molecule has 0 bridgehead atoms. The standard InChI is InChI=1S/C7H4Cl3NO/c8-5-1-2-6(9)7(10)4(5)3-11-12/h1-3,12H/b11-3-. The third kappa shape index (κ3) is 1.83. The van der Waals surface area contributed by atoms with E-state index in [1.54, 1.807) is 12.1 Å². The predicted octanol–water partition coefficient (Wildman–Crippen LogP) is 3.45. The van der Waals surface area contributed by atoms with Gasteiger partial charge >= 0.3 is 0 Å². The Hall–Kier alpha value is -0.440. The molecule has 0 aliphatic rings. The lowest BCUT2D eigenvalue weighted by atomic mass is 10.2. The molecule has 1 N–H and O–H groups in total. The summed E-state index contributed by atoms with van der Waals surface area (Å²) in [6.07, 6.45) is 1.14. The van der Waals surface area contributed by atoms with Crippen LogP contribution in [-0.4, -0.2) is 11.4 Å². The molecule has 0 unspecified atom stereocenters. The molecule has 0 aromatic heterocycles. The minimum absolute atomic E-state index is 0.280. The molecule has 1 aromatic rings. The Balaban J connectivity index is 3.32. The highest BCUT2D eigenvalue weighted by atomic mass is 35.5. The van der Waals surface area contributed by atoms with E-state index >= 15 is 0 Å². The first kappa shape index (κ1) is 9.65. The Morgan fingerprint density at radius 2 is 1.75 bits per heavy atom. The van der Waals surface area contributed by atoms with Crippen LogP contribution in [0.25, 0.3) is 0 Å². The van der Waals surface area contributed by atoms with Crippen LogP contribution in [0, 0.1) is 0 Å². The van der Waals surface area contributed by atoms with E-state index < -0.39 is 0 Å². The maximum absolute atomic E-state index is 8.27. The van der Waals surface area contributed by atoms with Crippen molar-refractivity contribution in [1.82, 2.24) is 0 Å². The first-order valence-electron chi connectivity index (χ1n) is 2.97. The Morgan fingerprint density at radius 1 is 1.17 bits per heavy atom. The molecule has 0 amide bonds. The van der Waals surface area contributed by atoms with E-state index in [2.05, 4.69) is 5.16 Å². The second-order valence-corrected chi connectivity index (χ2v) is 3.19. The quantitative estimate of drug-likeness (QED) is 0.337. The van der Waals surface area contributed by atoms with Crippen molar-refractivity contribution in [2.45, 2.75) is 0 Å². The van der Waals surface area contributed by atoms with Crippen molar-refractivity contribution in [2.75, 3.05) is 0 Å². The number of oxime groups is 1. The van der Waals surface area contributed by atoms with Crippen LogP contribution in [-0.2, 0) is 0 Å². The van der Waals surface area contributed by atoms with Gasteiger partial charge in [-0.1, -0.05) is 40.0 Å². The fourth-order valence-corrected chi connectivity index (χ4v) is 1.35. The maximum Gasteiger partial charge on any atom is 0.0764 e. The van der Waals surface area contributed by atoms with Crippen molar-refractivity contribution in [3.63, 3.8) is 0 Å². The molecule has 2 nitrogen and oxygen atoms in total. The van der Waals surface area contributed by atoms with Gasteiger partial charge in [0, 0.05) is 5.56 Å². The first-order chi connectivity index (χ1) is 5.66. The number of rotatable bonds is 1. The predicted molar refractivity (Wildman–Crippen MR) is 50.9 cm³/mol. The summed E-state index contributed by atoms with van der Waals surface area (Å²) in [6.45, 7) is 0. The molecule has 0 saturated carbocycles. The molecule has 0 atom stereocenters. The van der Waals surface area contributed by atoms with Gasteiger partial charge in [-0.05, 0) is 12.1 Å².